The molecule has 2 atom stereocenters. The lowest BCUT2D eigenvalue weighted by atomic mass is 9.87. The van der Waals surface area contributed by atoms with Crippen molar-refractivity contribution in [1.29, 1.82) is 0 Å². The fourth-order valence-corrected chi connectivity index (χ4v) is 12.7. The summed E-state index contributed by atoms with van der Waals surface area (Å²) in [6.45, 7) is 9.03. The number of furan rings is 2. The first-order valence-electron chi connectivity index (χ1n) is 26.1. The van der Waals surface area contributed by atoms with Crippen LogP contribution in [0.15, 0.2) is 197 Å². The van der Waals surface area contributed by atoms with E-state index < -0.39 is 0 Å². The number of allylic oxidation sites excluding steroid dienone is 1. The van der Waals surface area contributed by atoms with Gasteiger partial charge >= 0.3 is 0 Å². The number of hydrogen-bond acceptors (Lipinski definition) is 4. The van der Waals surface area contributed by atoms with Gasteiger partial charge in [-0.15, -0.1) is 0 Å². The Kier molecular flexibility index (Phi) is 9.23. The van der Waals surface area contributed by atoms with E-state index in [1.165, 1.54) is 65.8 Å². The van der Waals surface area contributed by atoms with Gasteiger partial charge < -0.3 is 23.2 Å². The molecule has 3 aliphatic rings. The van der Waals surface area contributed by atoms with Crippen LogP contribution in [-0.4, -0.2) is 4.57 Å². The molecule has 0 amide bonds. The molecule has 2 aliphatic carbocycles. The van der Waals surface area contributed by atoms with Crippen LogP contribution >= 0.6 is 0 Å². The van der Waals surface area contributed by atoms with Gasteiger partial charge in [-0.25, -0.2) is 0 Å². The van der Waals surface area contributed by atoms with E-state index in [1.807, 2.05) is 0 Å². The van der Waals surface area contributed by atoms with Crippen LogP contribution in [0.25, 0.3) is 83.9 Å². The van der Waals surface area contributed by atoms with Crippen molar-refractivity contribution in [2.24, 2.45) is 0 Å². The molecule has 0 saturated heterocycles. The van der Waals surface area contributed by atoms with Gasteiger partial charge in [0.15, 0.2) is 11.2 Å². The van der Waals surface area contributed by atoms with Crippen LogP contribution in [-0.2, 0) is 6.42 Å². The molecule has 0 N–H and O–H groups in total. The van der Waals surface area contributed by atoms with Crippen molar-refractivity contribution in [2.75, 3.05) is 9.80 Å². The molecule has 0 fully saturated rings. The second-order valence-electron chi connectivity index (χ2n) is 21.1. The monoisotopic (exact) mass is 943 g/mol. The summed E-state index contributed by atoms with van der Waals surface area (Å²) in [7, 11) is 0. The highest BCUT2D eigenvalue weighted by atomic mass is 16.3. The minimum absolute atomic E-state index is 0.115. The Labute approximate surface area is 423 Å². The molecule has 9 aromatic carbocycles. The number of anilines is 5. The fourth-order valence-electron chi connectivity index (χ4n) is 12.7. The maximum atomic E-state index is 6.73. The van der Waals surface area contributed by atoms with Gasteiger partial charge in [0.1, 0.15) is 11.2 Å². The number of hydrogen-bond donors (Lipinski definition) is 0. The SMILES string of the molecule is CC(C)c1ccc(N(C2=Cc3cc4c(cc3CC2)c2cccc3c2n4C2C=c4cc(N(c5ccc(C(C)C)cc5)c5cccc6c5oc5ccccc56)ccc4=CC32)c2cccc3c2oc2ccccc23)cc1. The standard InChI is InChI=1S/C68H53N3O2/c1-40(2)42-22-28-48(29-23-42)69(60-18-10-16-56-52-12-5-7-20-64(52)72-67(56)60)50-32-26-44-36-58-54-14-9-15-55-59-37-45-27-33-51(35-47(45)39-63(59)71(66(54)55)62(58)38-46(44)34-50)70(49-30-24-43(25-31-49)41(3)4)61-19-11-17-57-53-13-6-8-21-65(53)73-68(57)61/h5-26,28-32,34-41,58,62H,27,33H2,1-4H3. The minimum atomic E-state index is 0.115. The zero-order chi connectivity index (χ0) is 48.6. The molecule has 5 nitrogen and oxygen atoms in total. The Morgan fingerprint density at radius 1 is 0.479 bits per heavy atom. The number of rotatable bonds is 8. The second kappa shape index (κ2) is 16.0. The van der Waals surface area contributed by atoms with Gasteiger partial charge in [-0.1, -0.05) is 149 Å². The first-order valence-corrected chi connectivity index (χ1v) is 26.1. The van der Waals surface area contributed by atoms with E-state index in [-0.39, 0.29) is 12.0 Å². The lowest BCUT2D eigenvalue weighted by molar-refractivity contribution is 0.664. The summed E-state index contributed by atoms with van der Waals surface area (Å²) in [4.78, 5) is 4.84. The molecule has 4 heterocycles. The number of aromatic nitrogens is 1. The molecule has 3 aromatic heterocycles. The Hall–Kier alpha value is -8.54. The number of aryl methyl sites for hydroxylation is 1. The van der Waals surface area contributed by atoms with Crippen LogP contribution in [0, 0.1) is 0 Å². The molecular weight excluding hydrogens is 891 g/mol. The van der Waals surface area contributed by atoms with E-state index in [0.717, 1.165) is 85.2 Å². The van der Waals surface area contributed by atoms with Gasteiger partial charge in [0, 0.05) is 61.0 Å². The van der Waals surface area contributed by atoms with Gasteiger partial charge in [-0.3, -0.25) is 0 Å². The number of fused-ring (bicyclic) bond motifs is 14. The molecule has 2 unspecified atom stereocenters. The van der Waals surface area contributed by atoms with Gasteiger partial charge in [-0.05, 0) is 142 Å². The topological polar surface area (TPSA) is 37.7 Å². The van der Waals surface area contributed by atoms with Crippen LogP contribution in [0.5, 0.6) is 0 Å². The molecule has 0 radical (unpaired) electrons. The molecule has 352 valence electrons. The first-order chi connectivity index (χ1) is 35.8. The molecule has 5 heteroatoms. The summed E-state index contributed by atoms with van der Waals surface area (Å²) in [5.41, 5.74) is 19.6. The average Bonchev–Trinajstić information content (AvgIpc) is 4.18. The quantitative estimate of drug-likeness (QED) is 0.152. The van der Waals surface area contributed by atoms with Crippen LogP contribution < -0.4 is 20.2 Å². The third kappa shape index (κ3) is 6.40. The van der Waals surface area contributed by atoms with Crippen molar-refractivity contribution < 1.29 is 8.83 Å². The highest BCUT2D eigenvalue weighted by molar-refractivity contribution is 6.13. The molecule has 73 heavy (non-hydrogen) atoms. The smallest absolute Gasteiger partial charge is 0.159 e. The van der Waals surface area contributed by atoms with Crippen molar-refractivity contribution >= 4 is 112 Å². The highest BCUT2D eigenvalue weighted by Crippen LogP contribution is 2.51. The van der Waals surface area contributed by atoms with E-state index >= 15 is 0 Å². The predicted molar refractivity (Wildman–Crippen MR) is 305 cm³/mol. The first kappa shape index (κ1) is 42.2. The Balaban J connectivity index is 0.880. The summed E-state index contributed by atoms with van der Waals surface area (Å²) >= 11 is 0. The third-order valence-electron chi connectivity index (χ3n) is 16.3. The third-order valence-corrected chi connectivity index (χ3v) is 16.3. The molecular formula is C68H53N3O2. The van der Waals surface area contributed by atoms with Crippen molar-refractivity contribution in [2.45, 2.75) is 64.3 Å². The van der Waals surface area contributed by atoms with Gasteiger partial charge in [-0.2, -0.15) is 0 Å². The Morgan fingerprint density at radius 2 is 1.05 bits per heavy atom. The van der Waals surface area contributed by atoms with Gasteiger partial charge in [0.2, 0.25) is 0 Å². The van der Waals surface area contributed by atoms with Crippen molar-refractivity contribution in [1.82, 2.24) is 4.57 Å². The molecule has 0 saturated carbocycles. The zero-order valence-electron chi connectivity index (χ0n) is 41.4. The molecule has 15 rings (SSSR count). The van der Waals surface area contributed by atoms with Gasteiger partial charge in [0.25, 0.3) is 0 Å². The average molecular weight is 944 g/mol. The van der Waals surface area contributed by atoms with E-state index in [9.17, 15) is 0 Å². The highest BCUT2D eigenvalue weighted by Gasteiger charge is 2.36. The minimum Gasteiger partial charge on any atom is -0.454 e. The van der Waals surface area contributed by atoms with Crippen LogP contribution in [0.3, 0.4) is 0 Å². The normalized spacial score (nSPS) is 15.8. The number of para-hydroxylation sites is 5. The Morgan fingerprint density at radius 3 is 1.71 bits per heavy atom. The van der Waals surface area contributed by atoms with E-state index in [0.29, 0.717) is 11.8 Å². The summed E-state index contributed by atoms with van der Waals surface area (Å²) in [6, 6.07) is 67.2. The number of nitrogens with zero attached hydrogens (tertiary/aromatic N) is 3. The summed E-state index contributed by atoms with van der Waals surface area (Å²) in [5.74, 6) is 1.10. The summed E-state index contributed by atoms with van der Waals surface area (Å²) in [6.07, 6.45) is 9.37. The van der Waals surface area contributed by atoms with Crippen molar-refractivity contribution in [3.05, 3.63) is 226 Å². The number of benzene rings is 9. The Bertz CT molecular complexity index is 4410. The van der Waals surface area contributed by atoms with Gasteiger partial charge in [0.05, 0.1) is 28.5 Å². The molecule has 0 bridgehead atoms. The second-order valence-corrected chi connectivity index (χ2v) is 21.1. The fraction of sp³-hybridized carbons (Fsp3) is 0.147. The van der Waals surface area contributed by atoms with E-state index in [4.69, 9.17) is 8.83 Å². The van der Waals surface area contributed by atoms with E-state index in [1.54, 1.807) is 0 Å². The molecule has 1 aliphatic heterocycles. The van der Waals surface area contributed by atoms with Crippen molar-refractivity contribution in [3.8, 4) is 0 Å². The van der Waals surface area contributed by atoms with Crippen LogP contribution in [0.2, 0.25) is 0 Å². The largest absolute Gasteiger partial charge is 0.454 e. The maximum absolute atomic E-state index is 6.73. The summed E-state index contributed by atoms with van der Waals surface area (Å²) < 4.78 is 16.1. The lowest BCUT2D eigenvalue weighted by Gasteiger charge is -2.31. The summed E-state index contributed by atoms with van der Waals surface area (Å²) in [5, 5.41) is 9.69. The van der Waals surface area contributed by atoms with E-state index in [2.05, 4.69) is 242 Å². The lowest BCUT2D eigenvalue weighted by Crippen LogP contribution is -2.32. The van der Waals surface area contributed by atoms with Crippen LogP contribution in [0.4, 0.5) is 28.4 Å². The maximum Gasteiger partial charge on any atom is 0.159 e. The molecule has 0 spiro atoms. The zero-order valence-corrected chi connectivity index (χ0v) is 41.4. The van der Waals surface area contributed by atoms with Crippen LogP contribution in [0.1, 0.15) is 85.7 Å². The molecule has 12 aromatic rings. The van der Waals surface area contributed by atoms with Crippen molar-refractivity contribution in [3.63, 3.8) is 0 Å². The predicted octanol–water partition coefficient (Wildman–Crippen LogP) is 17.3.